The number of nitrogens with zero attached hydrogens (tertiary/aromatic N) is 3. The van der Waals surface area contributed by atoms with Gasteiger partial charge < -0.3 is 14.2 Å². The van der Waals surface area contributed by atoms with Gasteiger partial charge in [0.25, 0.3) is 0 Å². The molecule has 0 spiro atoms. The summed E-state index contributed by atoms with van der Waals surface area (Å²) in [6.45, 7) is 7.77. The number of halogens is 1. The Hall–Kier alpha value is -2.30. The Balaban J connectivity index is 1.52. The minimum absolute atomic E-state index is 0.443. The molecule has 2 aromatic carbocycles. The average molecular weight is 438 g/mol. The summed E-state index contributed by atoms with van der Waals surface area (Å²) in [6.07, 6.45) is 7.84. The predicted octanol–water partition coefficient (Wildman–Crippen LogP) is 6.12. The Bertz CT molecular complexity index is 1000. The molecule has 0 saturated carbocycles. The van der Waals surface area contributed by atoms with Gasteiger partial charge in [0.2, 0.25) is 0 Å². The summed E-state index contributed by atoms with van der Waals surface area (Å²) in [4.78, 5) is 7.43. The van der Waals surface area contributed by atoms with Crippen molar-refractivity contribution in [1.29, 1.82) is 0 Å². The summed E-state index contributed by atoms with van der Waals surface area (Å²) in [6, 6.07) is 13.9. The van der Waals surface area contributed by atoms with Gasteiger partial charge in [0, 0.05) is 11.6 Å². The average Bonchev–Trinajstić information content (AvgIpc) is 3.13. The lowest BCUT2D eigenvalue weighted by atomic mass is 9.92. The lowest BCUT2D eigenvalue weighted by Gasteiger charge is -2.29. The first kappa shape index (κ1) is 21.9. The fourth-order valence-corrected chi connectivity index (χ4v) is 4.63. The standard InChI is InChI=1S/C26H32ClN3O/c1-3-6-21-8-4-9-24-26(21)28-25(19-31-23-12-10-22(27)11-13-23)30(24)16-5-7-20-14-17-29(2)18-15-20/h3-4,8-13,20H,1,5-7,14-19H2,2H3. The van der Waals surface area contributed by atoms with Crippen LogP contribution < -0.4 is 4.74 Å². The van der Waals surface area contributed by atoms with E-state index in [4.69, 9.17) is 21.3 Å². The molecule has 0 amide bonds. The highest BCUT2D eigenvalue weighted by Gasteiger charge is 2.18. The third-order valence-electron chi connectivity index (χ3n) is 6.32. The minimum Gasteiger partial charge on any atom is -0.486 e. The van der Waals surface area contributed by atoms with Gasteiger partial charge in [-0.1, -0.05) is 29.8 Å². The third-order valence-corrected chi connectivity index (χ3v) is 6.57. The Morgan fingerprint density at radius 2 is 1.94 bits per heavy atom. The number of aromatic nitrogens is 2. The van der Waals surface area contributed by atoms with Crippen LogP contribution >= 0.6 is 11.6 Å². The zero-order chi connectivity index (χ0) is 21.6. The van der Waals surface area contributed by atoms with Crippen molar-refractivity contribution in [3.63, 3.8) is 0 Å². The van der Waals surface area contributed by atoms with Crippen LogP contribution in [0.2, 0.25) is 5.02 Å². The second-order valence-corrected chi connectivity index (χ2v) is 9.03. The van der Waals surface area contributed by atoms with Crippen LogP contribution in [0.1, 0.15) is 37.1 Å². The van der Waals surface area contributed by atoms with E-state index in [2.05, 4.69) is 41.3 Å². The summed E-state index contributed by atoms with van der Waals surface area (Å²) in [5.41, 5.74) is 3.48. The molecule has 2 heterocycles. The Kier molecular flexibility index (Phi) is 7.31. The number of allylic oxidation sites excluding steroid dienone is 1. The number of ether oxygens (including phenoxy) is 1. The largest absolute Gasteiger partial charge is 0.486 e. The number of hydrogen-bond acceptors (Lipinski definition) is 3. The van der Waals surface area contributed by atoms with Crippen LogP contribution in [-0.4, -0.2) is 34.6 Å². The maximum absolute atomic E-state index is 6.06. The summed E-state index contributed by atoms with van der Waals surface area (Å²) in [5.74, 6) is 2.63. The fourth-order valence-electron chi connectivity index (χ4n) is 4.50. The third kappa shape index (κ3) is 5.50. The van der Waals surface area contributed by atoms with E-state index < -0.39 is 0 Å². The van der Waals surface area contributed by atoms with Crippen LogP contribution in [0, 0.1) is 5.92 Å². The van der Waals surface area contributed by atoms with Gasteiger partial charge in [0.05, 0.1) is 11.0 Å². The molecule has 1 aromatic heterocycles. The molecule has 0 unspecified atom stereocenters. The maximum Gasteiger partial charge on any atom is 0.148 e. The van der Waals surface area contributed by atoms with Crippen LogP contribution in [0.4, 0.5) is 0 Å². The van der Waals surface area contributed by atoms with E-state index >= 15 is 0 Å². The molecule has 5 heteroatoms. The first-order valence-electron chi connectivity index (χ1n) is 11.3. The van der Waals surface area contributed by atoms with E-state index in [0.717, 1.165) is 36.0 Å². The van der Waals surface area contributed by atoms with Gasteiger partial charge in [-0.15, -0.1) is 6.58 Å². The predicted molar refractivity (Wildman–Crippen MR) is 129 cm³/mol. The zero-order valence-electron chi connectivity index (χ0n) is 18.4. The second-order valence-electron chi connectivity index (χ2n) is 8.59. The molecule has 0 bridgehead atoms. The number of para-hydroxylation sites is 1. The van der Waals surface area contributed by atoms with E-state index in [-0.39, 0.29) is 0 Å². The molecule has 4 nitrogen and oxygen atoms in total. The highest BCUT2D eigenvalue weighted by atomic mass is 35.5. The maximum atomic E-state index is 6.06. The molecule has 3 aromatic rings. The van der Waals surface area contributed by atoms with E-state index in [0.29, 0.717) is 11.6 Å². The van der Waals surface area contributed by atoms with Gasteiger partial charge in [0.1, 0.15) is 18.2 Å². The molecule has 1 aliphatic heterocycles. The van der Waals surface area contributed by atoms with E-state index in [1.54, 1.807) is 0 Å². The lowest BCUT2D eigenvalue weighted by Crippen LogP contribution is -2.30. The monoisotopic (exact) mass is 437 g/mol. The molecule has 0 atom stereocenters. The number of piperidine rings is 1. The van der Waals surface area contributed by atoms with Crippen LogP contribution in [0.3, 0.4) is 0 Å². The van der Waals surface area contributed by atoms with Crippen LogP contribution in [0.5, 0.6) is 5.75 Å². The molecular weight excluding hydrogens is 406 g/mol. The first-order valence-corrected chi connectivity index (χ1v) is 11.7. The highest BCUT2D eigenvalue weighted by Crippen LogP contribution is 2.26. The van der Waals surface area contributed by atoms with Crippen molar-refractivity contribution in [2.24, 2.45) is 5.92 Å². The zero-order valence-corrected chi connectivity index (χ0v) is 19.2. The summed E-state index contributed by atoms with van der Waals surface area (Å²) in [5, 5.41) is 0.711. The molecule has 1 saturated heterocycles. The van der Waals surface area contributed by atoms with Crippen molar-refractivity contribution in [2.75, 3.05) is 20.1 Å². The Morgan fingerprint density at radius 1 is 1.16 bits per heavy atom. The quantitative estimate of drug-likeness (QED) is 0.378. The lowest BCUT2D eigenvalue weighted by molar-refractivity contribution is 0.208. The molecule has 4 rings (SSSR count). The second kappa shape index (κ2) is 10.3. The van der Waals surface area contributed by atoms with Crippen molar-refractivity contribution in [2.45, 2.75) is 45.3 Å². The number of hydrogen-bond donors (Lipinski definition) is 0. The highest BCUT2D eigenvalue weighted by molar-refractivity contribution is 6.30. The molecule has 1 fully saturated rings. The number of rotatable bonds is 9. The van der Waals surface area contributed by atoms with Crippen molar-refractivity contribution in [1.82, 2.24) is 14.5 Å². The first-order chi connectivity index (χ1) is 15.1. The molecule has 0 N–H and O–H groups in total. The SMILES string of the molecule is C=CCc1cccc2c1nc(COc1ccc(Cl)cc1)n2CCCC1CCN(C)CC1. The van der Waals surface area contributed by atoms with Gasteiger partial charge in [-0.3, -0.25) is 0 Å². The molecule has 31 heavy (non-hydrogen) atoms. The molecule has 0 radical (unpaired) electrons. The molecular formula is C26H32ClN3O. The van der Waals surface area contributed by atoms with Crippen molar-refractivity contribution < 1.29 is 4.74 Å². The van der Waals surface area contributed by atoms with Gasteiger partial charge >= 0.3 is 0 Å². The van der Waals surface area contributed by atoms with Crippen LogP contribution in [0.25, 0.3) is 11.0 Å². The molecule has 164 valence electrons. The smallest absolute Gasteiger partial charge is 0.148 e. The van der Waals surface area contributed by atoms with E-state index in [1.165, 1.54) is 49.9 Å². The van der Waals surface area contributed by atoms with Gasteiger partial charge in [-0.25, -0.2) is 4.98 Å². The Morgan fingerprint density at radius 3 is 2.68 bits per heavy atom. The van der Waals surface area contributed by atoms with Gasteiger partial charge in [-0.2, -0.15) is 0 Å². The topological polar surface area (TPSA) is 30.3 Å². The number of imidazole rings is 1. The Labute approximate surface area is 190 Å². The molecule has 0 aliphatic carbocycles. The van der Waals surface area contributed by atoms with Crippen molar-refractivity contribution in [3.8, 4) is 5.75 Å². The number of likely N-dealkylation sites (tertiary alicyclic amines) is 1. The van der Waals surface area contributed by atoms with Crippen molar-refractivity contribution >= 4 is 22.6 Å². The summed E-state index contributed by atoms with van der Waals surface area (Å²) in [7, 11) is 2.22. The van der Waals surface area contributed by atoms with Gasteiger partial charge in [0.15, 0.2) is 0 Å². The number of aryl methyl sites for hydroxylation is 1. The molecule has 1 aliphatic rings. The minimum atomic E-state index is 0.443. The van der Waals surface area contributed by atoms with E-state index in [1.807, 2.05) is 30.3 Å². The van der Waals surface area contributed by atoms with E-state index in [9.17, 15) is 0 Å². The summed E-state index contributed by atoms with van der Waals surface area (Å²) >= 11 is 6.00. The van der Waals surface area contributed by atoms with Crippen LogP contribution in [0.15, 0.2) is 55.1 Å². The normalized spacial score (nSPS) is 15.4. The number of benzene rings is 2. The fraction of sp³-hybridized carbons (Fsp3) is 0.423. The van der Waals surface area contributed by atoms with Gasteiger partial charge in [-0.05, 0) is 94.1 Å². The van der Waals surface area contributed by atoms with Crippen molar-refractivity contribution in [3.05, 3.63) is 71.5 Å². The summed E-state index contributed by atoms with van der Waals surface area (Å²) < 4.78 is 8.41. The number of fused-ring (bicyclic) bond motifs is 1. The van der Waals surface area contributed by atoms with Crippen LogP contribution in [-0.2, 0) is 19.6 Å².